The summed E-state index contributed by atoms with van der Waals surface area (Å²) >= 11 is 5.78. The maximum absolute atomic E-state index is 14.5. The second kappa shape index (κ2) is 7.50. The van der Waals surface area contributed by atoms with Gasteiger partial charge in [-0.25, -0.2) is 9.37 Å². The number of amidine groups is 1. The van der Waals surface area contributed by atoms with Gasteiger partial charge in [-0.05, 0) is 56.0 Å². The second-order valence-electron chi connectivity index (χ2n) is 7.48. The Morgan fingerprint density at radius 2 is 2.10 bits per heavy atom. The van der Waals surface area contributed by atoms with Gasteiger partial charge in [-0.15, -0.1) is 0 Å². The van der Waals surface area contributed by atoms with Crippen LogP contribution < -0.4 is 11.1 Å². The standard InChI is InChI=1S/C20H20ClFN4O2S/c1-20(11-2-3-11)19(23)26-17(10-29(20)28)14-8-13(5-6-15(14)22)25-18(27)16-7-4-12(21)9-24-16/h4-9,11,17H,2-3,10H2,1H3,(H2,23,26)(H,25,27)/t17-,20?,29?/m0/s1. The average molecular weight is 435 g/mol. The highest BCUT2D eigenvalue weighted by Crippen LogP contribution is 2.46. The number of nitrogens with one attached hydrogen (secondary N) is 1. The quantitative estimate of drug-likeness (QED) is 0.769. The molecule has 29 heavy (non-hydrogen) atoms. The summed E-state index contributed by atoms with van der Waals surface area (Å²) in [7, 11) is -1.26. The maximum Gasteiger partial charge on any atom is 0.274 e. The third-order valence-corrected chi connectivity index (χ3v) is 7.85. The molecule has 0 saturated heterocycles. The zero-order chi connectivity index (χ0) is 20.8. The first-order valence-corrected chi connectivity index (χ1v) is 10.9. The Balaban J connectivity index is 1.59. The van der Waals surface area contributed by atoms with Gasteiger partial charge >= 0.3 is 0 Å². The van der Waals surface area contributed by atoms with Crippen LogP contribution in [0.15, 0.2) is 41.5 Å². The van der Waals surface area contributed by atoms with E-state index in [9.17, 15) is 13.4 Å². The van der Waals surface area contributed by atoms with Gasteiger partial charge in [-0.3, -0.25) is 14.0 Å². The van der Waals surface area contributed by atoms with Crippen LogP contribution in [0.3, 0.4) is 0 Å². The summed E-state index contributed by atoms with van der Waals surface area (Å²) in [5, 5.41) is 3.11. The molecule has 3 atom stereocenters. The molecule has 1 aromatic heterocycles. The molecule has 1 amide bonds. The summed E-state index contributed by atoms with van der Waals surface area (Å²) in [6, 6.07) is 6.61. The van der Waals surface area contributed by atoms with E-state index >= 15 is 0 Å². The fourth-order valence-corrected chi connectivity index (χ4v) is 5.43. The minimum Gasteiger partial charge on any atom is -0.386 e. The molecule has 2 heterocycles. The number of benzene rings is 1. The molecule has 2 unspecified atom stereocenters. The summed E-state index contributed by atoms with van der Waals surface area (Å²) in [6.07, 6.45) is 3.34. The number of pyridine rings is 1. The van der Waals surface area contributed by atoms with Crippen LogP contribution in [0, 0.1) is 11.7 Å². The first kappa shape index (κ1) is 20.0. The molecular formula is C20H20ClFN4O2S. The Bertz CT molecular complexity index is 1030. The van der Waals surface area contributed by atoms with Gasteiger partial charge in [-0.2, -0.15) is 0 Å². The van der Waals surface area contributed by atoms with E-state index in [1.54, 1.807) is 6.07 Å². The largest absolute Gasteiger partial charge is 0.386 e. The summed E-state index contributed by atoms with van der Waals surface area (Å²) in [5.41, 5.74) is 7.00. The highest BCUT2D eigenvalue weighted by Gasteiger charge is 2.51. The molecule has 0 bridgehead atoms. The predicted octanol–water partition coefficient (Wildman–Crippen LogP) is 3.46. The molecule has 3 N–H and O–H groups in total. The van der Waals surface area contributed by atoms with Gasteiger partial charge in [0.25, 0.3) is 5.91 Å². The number of hydrogen-bond donors (Lipinski definition) is 2. The normalized spacial score (nSPS) is 26.7. The average Bonchev–Trinajstić information content (AvgIpc) is 3.53. The number of anilines is 1. The molecule has 1 aromatic carbocycles. The zero-order valence-corrected chi connectivity index (χ0v) is 17.3. The summed E-state index contributed by atoms with van der Waals surface area (Å²) in [5.74, 6) is -0.151. The lowest BCUT2D eigenvalue weighted by Crippen LogP contribution is -2.51. The van der Waals surface area contributed by atoms with E-state index in [4.69, 9.17) is 17.3 Å². The van der Waals surface area contributed by atoms with E-state index in [1.807, 2.05) is 6.92 Å². The Hall–Kier alpha value is -2.32. The molecule has 1 saturated carbocycles. The van der Waals surface area contributed by atoms with E-state index in [2.05, 4.69) is 15.3 Å². The first-order chi connectivity index (χ1) is 13.8. The number of aliphatic imine (C=N–C) groups is 1. The molecule has 2 aromatic rings. The molecule has 1 aliphatic heterocycles. The van der Waals surface area contributed by atoms with E-state index in [0.717, 1.165) is 12.8 Å². The van der Waals surface area contributed by atoms with Crippen molar-refractivity contribution in [3.8, 4) is 0 Å². The van der Waals surface area contributed by atoms with Gasteiger partial charge in [0, 0.05) is 28.2 Å². The van der Waals surface area contributed by atoms with Crippen LogP contribution >= 0.6 is 11.6 Å². The van der Waals surface area contributed by atoms with Crippen LogP contribution in [-0.2, 0) is 10.8 Å². The SMILES string of the molecule is CC1(C2CC2)C(N)=N[C@H](c2cc(NC(=O)c3ccc(Cl)cn3)ccc2F)CS1=O. The molecule has 9 heteroatoms. The van der Waals surface area contributed by atoms with E-state index in [-0.39, 0.29) is 22.9 Å². The number of halogens is 2. The van der Waals surface area contributed by atoms with Crippen LogP contribution in [0.2, 0.25) is 5.02 Å². The monoisotopic (exact) mass is 434 g/mol. The molecule has 152 valence electrons. The fraction of sp³-hybridized carbons (Fsp3) is 0.350. The van der Waals surface area contributed by atoms with Gasteiger partial charge in [-0.1, -0.05) is 11.6 Å². The number of hydrogen-bond acceptors (Lipinski definition) is 5. The highest BCUT2D eigenvalue weighted by molar-refractivity contribution is 7.87. The number of nitrogens with two attached hydrogens (primary N) is 1. The molecular weight excluding hydrogens is 415 g/mol. The number of amides is 1. The Labute approximate surface area is 175 Å². The lowest BCUT2D eigenvalue weighted by atomic mass is 10.0. The van der Waals surface area contributed by atoms with Crippen molar-refractivity contribution in [3.05, 3.63) is 58.6 Å². The van der Waals surface area contributed by atoms with Crippen LogP contribution in [0.1, 0.15) is 41.9 Å². The number of carbonyl (C=O) groups is 1. The van der Waals surface area contributed by atoms with Crippen molar-refractivity contribution >= 4 is 39.8 Å². The van der Waals surface area contributed by atoms with Crippen LogP contribution in [0.4, 0.5) is 10.1 Å². The van der Waals surface area contributed by atoms with Crippen LogP contribution in [0.5, 0.6) is 0 Å². The topological polar surface area (TPSA) is 97.4 Å². The van der Waals surface area contributed by atoms with Gasteiger partial charge in [0.15, 0.2) is 0 Å². The van der Waals surface area contributed by atoms with Crippen molar-refractivity contribution in [1.82, 2.24) is 4.98 Å². The number of carbonyl (C=O) groups excluding carboxylic acids is 1. The third kappa shape index (κ3) is 3.79. The molecule has 4 rings (SSSR count). The Kier molecular flexibility index (Phi) is 5.16. The van der Waals surface area contributed by atoms with E-state index in [0.29, 0.717) is 16.5 Å². The van der Waals surface area contributed by atoms with Crippen LogP contribution in [-0.4, -0.2) is 31.4 Å². The van der Waals surface area contributed by atoms with Crippen molar-refractivity contribution < 1.29 is 13.4 Å². The van der Waals surface area contributed by atoms with Crippen molar-refractivity contribution in [3.63, 3.8) is 0 Å². The lowest BCUT2D eigenvalue weighted by Gasteiger charge is -2.34. The summed E-state index contributed by atoms with van der Waals surface area (Å²) < 4.78 is 26.8. The predicted molar refractivity (Wildman–Crippen MR) is 112 cm³/mol. The first-order valence-electron chi connectivity index (χ1n) is 9.23. The summed E-state index contributed by atoms with van der Waals surface area (Å²) in [4.78, 5) is 20.8. The molecule has 0 radical (unpaired) electrons. The smallest absolute Gasteiger partial charge is 0.274 e. The Morgan fingerprint density at radius 3 is 2.72 bits per heavy atom. The van der Waals surface area contributed by atoms with Crippen molar-refractivity contribution in [2.24, 2.45) is 16.6 Å². The number of rotatable bonds is 4. The highest BCUT2D eigenvalue weighted by atomic mass is 35.5. The van der Waals surface area contributed by atoms with E-state index < -0.39 is 33.3 Å². The van der Waals surface area contributed by atoms with E-state index in [1.165, 1.54) is 30.5 Å². The molecule has 6 nitrogen and oxygen atoms in total. The Morgan fingerprint density at radius 1 is 1.34 bits per heavy atom. The molecule has 1 aliphatic carbocycles. The van der Waals surface area contributed by atoms with Gasteiger partial charge < -0.3 is 11.1 Å². The van der Waals surface area contributed by atoms with Crippen LogP contribution in [0.25, 0.3) is 0 Å². The van der Waals surface area contributed by atoms with Crippen molar-refractivity contribution in [1.29, 1.82) is 0 Å². The third-order valence-electron chi connectivity index (χ3n) is 5.51. The minimum absolute atomic E-state index is 0.182. The maximum atomic E-state index is 14.5. The fourth-order valence-electron chi connectivity index (χ4n) is 3.54. The van der Waals surface area contributed by atoms with Gasteiger partial charge in [0.05, 0.1) is 16.8 Å². The minimum atomic E-state index is -1.26. The number of aromatic nitrogens is 1. The van der Waals surface area contributed by atoms with Crippen molar-refractivity contribution in [2.75, 3.05) is 11.1 Å². The molecule has 0 spiro atoms. The molecule has 2 aliphatic rings. The number of nitrogens with zero attached hydrogens (tertiary/aromatic N) is 2. The zero-order valence-electron chi connectivity index (χ0n) is 15.7. The van der Waals surface area contributed by atoms with Crippen molar-refractivity contribution in [2.45, 2.75) is 30.6 Å². The lowest BCUT2D eigenvalue weighted by molar-refractivity contribution is 0.102. The molecule has 1 fully saturated rings. The van der Waals surface area contributed by atoms with Gasteiger partial charge in [0.1, 0.15) is 22.1 Å². The van der Waals surface area contributed by atoms with Gasteiger partial charge in [0.2, 0.25) is 0 Å². The summed E-state index contributed by atoms with van der Waals surface area (Å²) in [6.45, 7) is 1.88. The second-order valence-corrected chi connectivity index (χ2v) is 9.78.